The Hall–Kier alpha value is -2.33. The van der Waals surface area contributed by atoms with Crippen molar-refractivity contribution in [1.29, 1.82) is 0 Å². The molecule has 2 aromatic carbocycles. The SMILES string of the molecule is Cc1cc(Cl)ccc1CC(Cc1n[nH]c2ccccc12)OC=O. The number of aromatic nitrogens is 2. The van der Waals surface area contributed by atoms with Gasteiger partial charge in [0.25, 0.3) is 6.47 Å². The van der Waals surface area contributed by atoms with Crippen molar-refractivity contribution in [3.63, 3.8) is 0 Å². The van der Waals surface area contributed by atoms with E-state index in [1.807, 2.05) is 49.4 Å². The molecule has 23 heavy (non-hydrogen) atoms. The van der Waals surface area contributed by atoms with Crippen molar-refractivity contribution in [2.75, 3.05) is 0 Å². The minimum Gasteiger partial charge on any atom is -0.464 e. The number of hydrogen-bond donors (Lipinski definition) is 1. The van der Waals surface area contributed by atoms with Crippen LogP contribution in [-0.2, 0) is 22.4 Å². The maximum absolute atomic E-state index is 10.9. The summed E-state index contributed by atoms with van der Waals surface area (Å²) in [5.41, 5.74) is 4.08. The third kappa shape index (κ3) is 3.54. The second-order valence-corrected chi connectivity index (χ2v) is 5.99. The molecule has 0 aliphatic carbocycles. The molecule has 0 amide bonds. The second-order valence-electron chi connectivity index (χ2n) is 5.55. The normalized spacial score (nSPS) is 12.3. The van der Waals surface area contributed by atoms with Gasteiger partial charge in [-0.15, -0.1) is 0 Å². The van der Waals surface area contributed by atoms with Gasteiger partial charge in [-0.25, -0.2) is 0 Å². The molecule has 0 aliphatic heterocycles. The minimum absolute atomic E-state index is 0.265. The van der Waals surface area contributed by atoms with Gasteiger partial charge in [-0.05, 0) is 36.2 Å². The fraction of sp³-hybridized carbons (Fsp3) is 0.222. The molecule has 0 radical (unpaired) electrons. The summed E-state index contributed by atoms with van der Waals surface area (Å²) in [6.07, 6.45) is 0.924. The van der Waals surface area contributed by atoms with Crippen LogP contribution < -0.4 is 0 Å². The molecule has 0 bridgehead atoms. The van der Waals surface area contributed by atoms with E-state index in [9.17, 15) is 4.79 Å². The maximum atomic E-state index is 10.9. The van der Waals surface area contributed by atoms with E-state index in [0.717, 1.165) is 27.7 Å². The van der Waals surface area contributed by atoms with E-state index < -0.39 is 0 Å². The smallest absolute Gasteiger partial charge is 0.293 e. The minimum atomic E-state index is -0.265. The summed E-state index contributed by atoms with van der Waals surface area (Å²) in [5.74, 6) is 0. The predicted octanol–water partition coefficient (Wildman–Crippen LogP) is 3.85. The molecular formula is C18H17ClN2O2. The lowest BCUT2D eigenvalue weighted by molar-refractivity contribution is -0.133. The number of aromatic amines is 1. The van der Waals surface area contributed by atoms with E-state index in [0.29, 0.717) is 24.3 Å². The lowest BCUT2D eigenvalue weighted by Gasteiger charge is -2.16. The van der Waals surface area contributed by atoms with Gasteiger partial charge < -0.3 is 4.74 Å². The first-order valence-corrected chi connectivity index (χ1v) is 7.81. The standard InChI is InChI=1S/C18H17ClN2O2/c1-12-8-14(19)7-6-13(12)9-15(23-11-22)10-18-16-4-2-3-5-17(16)20-21-18/h2-8,11,15H,9-10H2,1H3,(H,20,21). The zero-order chi connectivity index (χ0) is 16.2. The fourth-order valence-corrected chi connectivity index (χ4v) is 3.00. The fourth-order valence-electron chi connectivity index (χ4n) is 2.77. The number of benzene rings is 2. The molecule has 1 heterocycles. The highest BCUT2D eigenvalue weighted by molar-refractivity contribution is 6.30. The summed E-state index contributed by atoms with van der Waals surface area (Å²) < 4.78 is 5.29. The quantitative estimate of drug-likeness (QED) is 0.699. The second kappa shape index (κ2) is 6.84. The van der Waals surface area contributed by atoms with Crippen LogP contribution in [0.1, 0.15) is 16.8 Å². The highest BCUT2D eigenvalue weighted by Gasteiger charge is 2.16. The Kier molecular flexibility index (Phi) is 4.63. The molecule has 4 nitrogen and oxygen atoms in total. The van der Waals surface area contributed by atoms with Gasteiger partial charge in [0.05, 0.1) is 11.2 Å². The summed E-state index contributed by atoms with van der Waals surface area (Å²) in [6.45, 7) is 2.51. The molecule has 118 valence electrons. The van der Waals surface area contributed by atoms with Crippen molar-refractivity contribution in [2.24, 2.45) is 0 Å². The first kappa shape index (κ1) is 15.6. The summed E-state index contributed by atoms with van der Waals surface area (Å²) in [7, 11) is 0. The number of rotatable bonds is 6. The first-order chi connectivity index (χ1) is 11.2. The van der Waals surface area contributed by atoms with Crippen LogP contribution in [0.15, 0.2) is 42.5 Å². The van der Waals surface area contributed by atoms with E-state index in [-0.39, 0.29) is 6.10 Å². The first-order valence-electron chi connectivity index (χ1n) is 7.43. The number of ether oxygens (including phenoxy) is 1. The third-order valence-electron chi connectivity index (χ3n) is 3.97. The molecule has 3 rings (SSSR count). The van der Waals surface area contributed by atoms with Crippen LogP contribution in [0, 0.1) is 6.92 Å². The molecule has 1 unspecified atom stereocenters. The molecule has 1 atom stereocenters. The number of halogens is 1. The summed E-state index contributed by atoms with van der Waals surface area (Å²) >= 11 is 5.99. The number of carbonyl (C=O) groups excluding carboxylic acids is 1. The van der Waals surface area contributed by atoms with Crippen molar-refractivity contribution in [2.45, 2.75) is 25.9 Å². The Morgan fingerprint density at radius 1 is 1.26 bits per heavy atom. The molecule has 0 spiro atoms. The Morgan fingerprint density at radius 2 is 2.09 bits per heavy atom. The molecule has 0 saturated heterocycles. The topological polar surface area (TPSA) is 55.0 Å². The van der Waals surface area contributed by atoms with Crippen molar-refractivity contribution in [3.05, 3.63) is 64.3 Å². The Labute approximate surface area is 139 Å². The van der Waals surface area contributed by atoms with Crippen molar-refractivity contribution in [1.82, 2.24) is 10.2 Å². The maximum Gasteiger partial charge on any atom is 0.293 e. The zero-order valence-electron chi connectivity index (χ0n) is 12.8. The number of carbonyl (C=O) groups is 1. The Bertz CT molecular complexity index is 829. The van der Waals surface area contributed by atoms with Crippen LogP contribution >= 0.6 is 11.6 Å². The van der Waals surface area contributed by atoms with E-state index >= 15 is 0 Å². The molecule has 5 heteroatoms. The van der Waals surface area contributed by atoms with Gasteiger partial charge in [0.2, 0.25) is 0 Å². The monoisotopic (exact) mass is 328 g/mol. The van der Waals surface area contributed by atoms with Crippen LogP contribution in [0.5, 0.6) is 0 Å². The summed E-state index contributed by atoms with van der Waals surface area (Å²) in [6, 6.07) is 13.7. The molecule has 0 aliphatic rings. The molecule has 0 fully saturated rings. The number of aryl methyl sites for hydroxylation is 1. The number of hydrogen-bond acceptors (Lipinski definition) is 3. The van der Waals surface area contributed by atoms with Gasteiger partial charge in [-0.1, -0.05) is 35.9 Å². The van der Waals surface area contributed by atoms with Gasteiger partial charge in [-0.2, -0.15) is 5.10 Å². The van der Waals surface area contributed by atoms with Crippen LogP contribution in [0.4, 0.5) is 0 Å². The van der Waals surface area contributed by atoms with E-state index in [1.165, 1.54) is 0 Å². The lowest BCUT2D eigenvalue weighted by Crippen LogP contribution is -2.19. The number of H-pyrrole nitrogens is 1. The lowest BCUT2D eigenvalue weighted by atomic mass is 9.99. The Morgan fingerprint density at radius 3 is 2.87 bits per heavy atom. The highest BCUT2D eigenvalue weighted by atomic mass is 35.5. The molecule has 1 N–H and O–H groups in total. The highest BCUT2D eigenvalue weighted by Crippen LogP contribution is 2.21. The van der Waals surface area contributed by atoms with Crippen molar-refractivity contribution < 1.29 is 9.53 Å². The molecule has 3 aromatic rings. The predicted molar refractivity (Wildman–Crippen MR) is 90.6 cm³/mol. The number of nitrogens with zero attached hydrogens (tertiary/aromatic N) is 1. The summed E-state index contributed by atoms with van der Waals surface area (Å²) in [4.78, 5) is 10.9. The van der Waals surface area contributed by atoms with Gasteiger partial charge in [-0.3, -0.25) is 9.89 Å². The number of nitrogens with one attached hydrogen (secondary N) is 1. The van der Waals surface area contributed by atoms with Gasteiger partial charge in [0.15, 0.2) is 0 Å². The molecule has 1 aromatic heterocycles. The van der Waals surface area contributed by atoms with Gasteiger partial charge in [0.1, 0.15) is 6.10 Å². The van der Waals surface area contributed by atoms with Gasteiger partial charge in [0, 0.05) is 23.3 Å². The van der Waals surface area contributed by atoms with E-state index in [4.69, 9.17) is 16.3 Å². The van der Waals surface area contributed by atoms with E-state index in [2.05, 4.69) is 10.2 Å². The summed E-state index contributed by atoms with van der Waals surface area (Å²) in [5, 5.41) is 9.12. The van der Waals surface area contributed by atoms with Crippen LogP contribution in [0.2, 0.25) is 5.02 Å². The van der Waals surface area contributed by atoms with Crippen LogP contribution in [0.3, 0.4) is 0 Å². The van der Waals surface area contributed by atoms with Crippen molar-refractivity contribution in [3.8, 4) is 0 Å². The molecule has 0 saturated carbocycles. The van der Waals surface area contributed by atoms with Crippen molar-refractivity contribution >= 4 is 29.0 Å². The largest absolute Gasteiger partial charge is 0.464 e. The Balaban J connectivity index is 1.82. The average molecular weight is 329 g/mol. The van der Waals surface area contributed by atoms with Gasteiger partial charge >= 0.3 is 0 Å². The van der Waals surface area contributed by atoms with E-state index in [1.54, 1.807) is 0 Å². The number of para-hydroxylation sites is 1. The average Bonchev–Trinajstić information content (AvgIpc) is 2.94. The third-order valence-corrected chi connectivity index (χ3v) is 4.21. The number of fused-ring (bicyclic) bond motifs is 1. The molecular weight excluding hydrogens is 312 g/mol. The van der Waals surface area contributed by atoms with Crippen LogP contribution in [-0.4, -0.2) is 22.8 Å². The van der Waals surface area contributed by atoms with Crippen LogP contribution in [0.25, 0.3) is 10.9 Å². The zero-order valence-corrected chi connectivity index (χ0v) is 13.5.